The summed E-state index contributed by atoms with van der Waals surface area (Å²) in [4.78, 5) is 4.43. The third-order valence-electron chi connectivity index (χ3n) is 2.35. The van der Waals surface area contributed by atoms with Gasteiger partial charge in [0, 0.05) is 16.1 Å². The number of halogens is 1. The Balaban J connectivity index is 2.52. The molecule has 0 aliphatic rings. The zero-order chi connectivity index (χ0) is 12.4. The summed E-state index contributed by atoms with van der Waals surface area (Å²) in [6.45, 7) is 5.87. The van der Waals surface area contributed by atoms with Crippen LogP contribution in [0.4, 0.5) is 0 Å². The molecular formula is C14H14ClNO. The van der Waals surface area contributed by atoms with Gasteiger partial charge in [0.25, 0.3) is 0 Å². The molecule has 17 heavy (non-hydrogen) atoms. The van der Waals surface area contributed by atoms with Crippen LogP contribution in [0.15, 0.2) is 39.8 Å². The maximum Gasteiger partial charge on any atom is 0.153 e. The number of allylic oxidation sites excluding steroid dienone is 1. The number of nitrogens with zero attached hydrogens (tertiary/aromatic N) is 1. The lowest BCUT2D eigenvalue weighted by molar-refractivity contribution is 0.598. The first-order chi connectivity index (χ1) is 8.10. The zero-order valence-electron chi connectivity index (χ0n) is 10.1. The van der Waals surface area contributed by atoms with Gasteiger partial charge in [-0.05, 0) is 45.0 Å². The van der Waals surface area contributed by atoms with E-state index in [0.29, 0.717) is 5.02 Å². The molecule has 1 aromatic carbocycles. The SMILES string of the molecule is C/C=C(\N=C(C)C)c1cc2cc(Cl)ccc2o1. The van der Waals surface area contributed by atoms with E-state index >= 15 is 0 Å². The number of furan rings is 1. The van der Waals surface area contributed by atoms with E-state index < -0.39 is 0 Å². The number of fused-ring (bicyclic) bond motifs is 1. The van der Waals surface area contributed by atoms with Gasteiger partial charge < -0.3 is 4.42 Å². The van der Waals surface area contributed by atoms with Gasteiger partial charge in [0.05, 0.1) is 0 Å². The summed E-state index contributed by atoms with van der Waals surface area (Å²) in [7, 11) is 0. The molecule has 0 amide bonds. The second-order valence-electron chi connectivity index (χ2n) is 4.03. The smallest absolute Gasteiger partial charge is 0.153 e. The van der Waals surface area contributed by atoms with Crippen molar-refractivity contribution in [3.8, 4) is 0 Å². The van der Waals surface area contributed by atoms with E-state index in [1.54, 1.807) is 0 Å². The second kappa shape index (κ2) is 4.76. The summed E-state index contributed by atoms with van der Waals surface area (Å²) in [5.41, 5.74) is 2.67. The van der Waals surface area contributed by atoms with Crippen LogP contribution in [0.2, 0.25) is 5.02 Å². The Labute approximate surface area is 106 Å². The topological polar surface area (TPSA) is 25.5 Å². The molecule has 0 N–H and O–H groups in total. The summed E-state index contributed by atoms with van der Waals surface area (Å²) in [6, 6.07) is 7.54. The number of aliphatic imine (C=N–C) groups is 1. The van der Waals surface area contributed by atoms with Gasteiger partial charge in [0.1, 0.15) is 11.3 Å². The monoisotopic (exact) mass is 247 g/mol. The molecular weight excluding hydrogens is 234 g/mol. The molecule has 0 unspecified atom stereocenters. The van der Waals surface area contributed by atoms with Gasteiger partial charge in [-0.25, -0.2) is 0 Å². The molecule has 2 rings (SSSR count). The van der Waals surface area contributed by atoms with Crippen LogP contribution in [-0.4, -0.2) is 5.71 Å². The first-order valence-corrected chi connectivity index (χ1v) is 5.85. The maximum atomic E-state index is 5.94. The van der Waals surface area contributed by atoms with E-state index in [0.717, 1.165) is 28.1 Å². The van der Waals surface area contributed by atoms with Crippen molar-refractivity contribution >= 4 is 34.0 Å². The molecule has 0 spiro atoms. The number of hydrogen-bond donors (Lipinski definition) is 0. The second-order valence-corrected chi connectivity index (χ2v) is 4.46. The van der Waals surface area contributed by atoms with Crippen molar-refractivity contribution in [2.45, 2.75) is 20.8 Å². The van der Waals surface area contributed by atoms with Gasteiger partial charge in [-0.2, -0.15) is 0 Å². The van der Waals surface area contributed by atoms with E-state index in [-0.39, 0.29) is 0 Å². The summed E-state index contributed by atoms with van der Waals surface area (Å²) in [5, 5.41) is 1.71. The molecule has 2 aromatic rings. The Morgan fingerprint density at radius 3 is 2.71 bits per heavy atom. The molecule has 3 heteroatoms. The quantitative estimate of drug-likeness (QED) is 0.691. The minimum absolute atomic E-state index is 0.710. The van der Waals surface area contributed by atoms with E-state index in [1.807, 2.05) is 51.1 Å². The molecule has 1 heterocycles. The van der Waals surface area contributed by atoms with Crippen LogP contribution in [0.25, 0.3) is 16.7 Å². The Morgan fingerprint density at radius 2 is 2.06 bits per heavy atom. The fourth-order valence-electron chi connectivity index (χ4n) is 1.64. The number of benzene rings is 1. The largest absolute Gasteiger partial charge is 0.454 e. The molecule has 0 bridgehead atoms. The average molecular weight is 248 g/mol. The molecule has 0 fully saturated rings. The van der Waals surface area contributed by atoms with Crippen molar-refractivity contribution in [2.75, 3.05) is 0 Å². The predicted molar refractivity (Wildman–Crippen MR) is 73.7 cm³/mol. The van der Waals surface area contributed by atoms with Crippen molar-refractivity contribution in [1.29, 1.82) is 0 Å². The van der Waals surface area contributed by atoms with Crippen LogP contribution in [0, 0.1) is 0 Å². The van der Waals surface area contributed by atoms with Crippen LogP contribution in [0.1, 0.15) is 26.5 Å². The van der Waals surface area contributed by atoms with Gasteiger partial charge in [-0.1, -0.05) is 17.7 Å². The van der Waals surface area contributed by atoms with Crippen molar-refractivity contribution in [3.63, 3.8) is 0 Å². The zero-order valence-corrected chi connectivity index (χ0v) is 10.9. The van der Waals surface area contributed by atoms with Gasteiger partial charge in [-0.3, -0.25) is 4.99 Å². The van der Waals surface area contributed by atoms with Crippen LogP contribution in [0.3, 0.4) is 0 Å². The van der Waals surface area contributed by atoms with Gasteiger partial charge in [-0.15, -0.1) is 0 Å². The van der Waals surface area contributed by atoms with Crippen molar-refractivity contribution in [3.05, 3.63) is 41.1 Å². The normalized spacial score (nSPS) is 11.9. The molecule has 0 saturated heterocycles. The molecule has 88 valence electrons. The van der Waals surface area contributed by atoms with E-state index in [1.165, 1.54) is 0 Å². The number of rotatable bonds is 2. The highest BCUT2D eigenvalue weighted by Crippen LogP contribution is 2.27. The van der Waals surface area contributed by atoms with E-state index in [4.69, 9.17) is 16.0 Å². The Kier molecular flexibility index (Phi) is 3.34. The summed E-state index contributed by atoms with van der Waals surface area (Å²) >= 11 is 5.94. The Bertz CT molecular complexity index is 604. The minimum Gasteiger partial charge on any atom is -0.454 e. The van der Waals surface area contributed by atoms with Crippen LogP contribution in [0.5, 0.6) is 0 Å². The standard InChI is InChI=1S/C14H14ClNO/c1-4-12(16-9(2)3)14-8-10-7-11(15)5-6-13(10)17-14/h4-8H,1-3H3/b12-4-. The molecule has 1 aromatic heterocycles. The third kappa shape index (κ3) is 2.59. The minimum atomic E-state index is 0.710. The average Bonchev–Trinajstić information content (AvgIpc) is 2.68. The van der Waals surface area contributed by atoms with Gasteiger partial charge >= 0.3 is 0 Å². The summed E-state index contributed by atoms with van der Waals surface area (Å²) < 4.78 is 5.74. The molecule has 0 atom stereocenters. The molecule has 2 nitrogen and oxygen atoms in total. The fraction of sp³-hybridized carbons (Fsp3) is 0.214. The fourth-order valence-corrected chi connectivity index (χ4v) is 1.82. The highest BCUT2D eigenvalue weighted by Gasteiger charge is 2.07. The Morgan fingerprint density at radius 1 is 1.29 bits per heavy atom. The van der Waals surface area contributed by atoms with Crippen LogP contribution < -0.4 is 0 Å². The summed E-state index contributed by atoms with van der Waals surface area (Å²) in [6.07, 6.45) is 1.94. The lowest BCUT2D eigenvalue weighted by atomic mass is 10.2. The highest BCUT2D eigenvalue weighted by molar-refractivity contribution is 6.31. The predicted octanol–water partition coefficient (Wildman–Crippen LogP) is 4.93. The lowest BCUT2D eigenvalue weighted by Gasteiger charge is -1.96. The third-order valence-corrected chi connectivity index (χ3v) is 2.58. The van der Waals surface area contributed by atoms with Gasteiger partial charge in [0.2, 0.25) is 0 Å². The summed E-state index contributed by atoms with van der Waals surface area (Å²) in [5.74, 6) is 0.769. The Hall–Kier alpha value is -1.54. The lowest BCUT2D eigenvalue weighted by Crippen LogP contribution is -1.83. The van der Waals surface area contributed by atoms with E-state index in [2.05, 4.69) is 4.99 Å². The molecule has 0 radical (unpaired) electrons. The van der Waals surface area contributed by atoms with E-state index in [9.17, 15) is 0 Å². The first-order valence-electron chi connectivity index (χ1n) is 5.48. The molecule has 0 saturated carbocycles. The maximum absolute atomic E-state index is 5.94. The van der Waals surface area contributed by atoms with Gasteiger partial charge in [0.15, 0.2) is 5.76 Å². The van der Waals surface area contributed by atoms with Crippen molar-refractivity contribution in [1.82, 2.24) is 0 Å². The highest BCUT2D eigenvalue weighted by atomic mass is 35.5. The number of hydrogen-bond acceptors (Lipinski definition) is 2. The van der Waals surface area contributed by atoms with Crippen molar-refractivity contribution in [2.24, 2.45) is 4.99 Å². The van der Waals surface area contributed by atoms with Crippen LogP contribution >= 0.6 is 11.6 Å². The van der Waals surface area contributed by atoms with Crippen LogP contribution in [-0.2, 0) is 0 Å². The molecule has 0 aliphatic heterocycles. The first kappa shape index (κ1) is 11.9. The van der Waals surface area contributed by atoms with Crippen molar-refractivity contribution < 1.29 is 4.42 Å². The molecule has 0 aliphatic carbocycles.